The summed E-state index contributed by atoms with van der Waals surface area (Å²) in [6, 6.07) is 25.3. The second-order valence-electron chi connectivity index (χ2n) is 19.3. The molecule has 0 bridgehead atoms. The maximum absolute atomic E-state index is 11.5. The Bertz CT molecular complexity index is 1920. The molecule has 1 saturated carbocycles. The van der Waals surface area contributed by atoms with E-state index in [2.05, 4.69) is 127 Å². The van der Waals surface area contributed by atoms with Gasteiger partial charge in [0.1, 0.15) is 11.5 Å². The van der Waals surface area contributed by atoms with E-state index in [4.69, 9.17) is 4.74 Å². The maximum atomic E-state index is 11.5. The molecule has 0 radical (unpaired) electrons. The molecule has 6 nitrogen and oxygen atoms in total. The van der Waals surface area contributed by atoms with Gasteiger partial charge < -0.3 is 9.84 Å². The molecular weight excluding hydrogens is 723 g/mol. The topological polar surface area (TPSA) is 78.8 Å². The van der Waals surface area contributed by atoms with Gasteiger partial charge in [0.25, 0.3) is 0 Å². The first-order valence-electron chi connectivity index (χ1n) is 19.7. The van der Waals surface area contributed by atoms with Crippen LogP contribution >= 0.6 is 0 Å². The molecule has 2 unspecified atom stereocenters. The van der Waals surface area contributed by atoms with Crippen LogP contribution in [-0.2, 0) is 37.1 Å². The molecule has 1 aliphatic carbocycles. The summed E-state index contributed by atoms with van der Waals surface area (Å²) in [5, 5.41) is 33.8. The van der Waals surface area contributed by atoms with Gasteiger partial charge in [-0.15, -0.1) is 5.75 Å². The van der Waals surface area contributed by atoms with Crippen molar-refractivity contribution in [1.82, 2.24) is 0 Å². The van der Waals surface area contributed by atoms with Gasteiger partial charge in [-0.25, -0.2) is 0 Å². The van der Waals surface area contributed by atoms with Gasteiger partial charge in [-0.2, -0.15) is 0 Å². The van der Waals surface area contributed by atoms with Crippen molar-refractivity contribution in [2.24, 2.45) is 0 Å². The first kappa shape index (κ1) is 42.1. The number of phenols is 2. The van der Waals surface area contributed by atoms with E-state index >= 15 is 0 Å². The number of hydrogen-bond acceptors (Lipinski definition) is 4. The summed E-state index contributed by atoms with van der Waals surface area (Å²) in [6.45, 7) is 26.5. The number of benzene rings is 4. The molecule has 4 aromatic carbocycles. The van der Waals surface area contributed by atoms with Crippen LogP contribution in [0.5, 0.6) is 28.7 Å². The smallest absolute Gasteiger partial charge is 0.127 e. The second kappa shape index (κ2) is 16.2. The molecule has 0 spiro atoms. The van der Waals surface area contributed by atoms with Crippen molar-refractivity contribution < 1.29 is 42.6 Å². The number of phenolic OH excluding ortho intramolecular Hbond substituents is 2. The molecule has 7 heteroatoms. The largest absolute Gasteiger partial charge is 0.872 e. The van der Waals surface area contributed by atoms with E-state index < -0.39 is 0 Å². The van der Waals surface area contributed by atoms with Gasteiger partial charge in [0.05, 0.1) is 0 Å². The zero-order valence-electron chi connectivity index (χ0n) is 35.1. The molecule has 2 fully saturated rings. The minimum atomic E-state index is -0.158. The standard InChI is InChI=1S/C36H54N2O2.C12H10O2.Mn/c1-33(2,3)25-17-23(31(39)27(19-25)35(7,8)9)21-37-29-15-13-14-16-30(29)38-22-24-18-26(34(4,5)6)20-28(32(24)40)36(10,11)12;13-10-6-8-12(9-7-10)14-11-4-2-1-3-5-11;/h17-22,29-30,39-40H,13-16H2,1-12H3;1-9,13H;/q;;+2/p-1. The Morgan fingerprint density at radius 2 is 0.982 bits per heavy atom. The summed E-state index contributed by atoms with van der Waals surface area (Å²) in [4.78, 5) is 0. The summed E-state index contributed by atoms with van der Waals surface area (Å²) in [5.41, 5.74) is 5.97. The van der Waals surface area contributed by atoms with Crippen molar-refractivity contribution in [2.75, 3.05) is 0 Å². The van der Waals surface area contributed by atoms with Gasteiger partial charge in [0, 0.05) is 0 Å². The van der Waals surface area contributed by atoms with Crippen LogP contribution in [0.15, 0.2) is 78.9 Å². The van der Waals surface area contributed by atoms with Crippen LogP contribution in [0.2, 0.25) is 0 Å². The van der Waals surface area contributed by atoms with Crippen LogP contribution in [-0.4, -0.2) is 41.9 Å². The number of aromatic hydroxyl groups is 2. The van der Waals surface area contributed by atoms with E-state index in [1.165, 1.54) is 36.1 Å². The number of fused-ring (bicyclic) bond motifs is 1. The van der Waals surface area contributed by atoms with Crippen molar-refractivity contribution in [3.8, 4) is 28.7 Å². The predicted octanol–water partition coefficient (Wildman–Crippen LogP) is 10.6. The summed E-state index contributed by atoms with van der Waals surface area (Å²) in [5.74, 6) is 2.24. The third-order valence-electron chi connectivity index (χ3n) is 10.5. The molecule has 55 heavy (non-hydrogen) atoms. The Hall–Kier alpha value is -4.06. The van der Waals surface area contributed by atoms with E-state index in [1.807, 2.05) is 30.3 Å². The van der Waals surface area contributed by atoms with E-state index in [0.29, 0.717) is 44.7 Å². The molecule has 6 rings (SSSR count). The Kier molecular flexibility index (Phi) is 12.4. The first-order valence-corrected chi connectivity index (χ1v) is 20.8. The van der Waals surface area contributed by atoms with Crippen molar-refractivity contribution in [3.63, 3.8) is 0 Å². The van der Waals surface area contributed by atoms with Gasteiger partial charge in [0.15, 0.2) is 0 Å². The molecule has 2 aliphatic rings. The average molecular weight is 787 g/mol. The molecule has 1 heterocycles. The molecule has 0 amide bonds. The first-order chi connectivity index (χ1) is 25.5. The van der Waals surface area contributed by atoms with Crippen molar-refractivity contribution in [1.29, 1.82) is 0 Å². The van der Waals surface area contributed by atoms with Crippen LogP contribution in [0.25, 0.3) is 0 Å². The summed E-state index contributed by atoms with van der Waals surface area (Å²) < 4.78 is 10.5. The van der Waals surface area contributed by atoms with E-state index in [1.54, 1.807) is 12.1 Å². The third-order valence-corrected chi connectivity index (χ3v) is 12.1. The number of ether oxygens (including phenoxy) is 1. The Morgan fingerprint density at radius 3 is 1.36 bits per heavy atom. The fraction of sp³-hybridized carbons (Fsp3) is 0.458. The van der Waals surface area contributed by atoms with Crippen molar-refractivity contribution >= 4 is 12.4 Å². The van der Waals surface area contributed by atoms with Crippen LogP contribution in [0.3, 0.4) is 0 Å². The maximum Gasteiger partial charge on any atom is 0.127 e. The molecule has 2 N–H and O–H groups in total. The van der Waals surface area contributed by atoms with Crippen molar-refractivity contribution in [2.45, 2.75) is 143 Å². The van der Waals surface area contributed by atoms with Crippen LogP contribution in [0, 0.1) is 0 Å². The molecule has 2 atom stereocenters. The average Bonchev–Trinajstić information content (AvgIpc) is 3.43. The molecule has 295 valence electrons. The monoisotopic (exact) mass is 786 g/mol. The number of hydrogen-bond donors (Lipinski definition) is 2. The van der Waals surface area contributed by atoms with Gasteiger partial charge in [-0.1, -0.05) is 30.3 Å². The van der Waals surface area contributed by atoms with E-state index in [-0.39, 0.29) is 27.4 Å². The van der Waals surface area contributed by atoms with Crippen LogP contribution < -0.4 is 9.84 Å². The van der Waals surface area contributed by atoms with E-state index in [0.717, 1.165) is 40.8 Å². The molecule has 1 saturated heterocycles. The minimum Gasteiger partial charge on any atom is -0.872 e. The number of rotatable bonds is 4. The van der Waals surface area contributed by atoms with Gasteiger partial charge >= 0.3 is 257 Å². The van der Waals surface area contributed by atoms with Crippen molar-refractivity contribution in [3.05, 3.63) is 112 Å². The minimum absolute atomic E-state index is 0.00888. The fourth-order valence-corrected chi connectivity index (χ4v) is 8.87. The second-order valence-corrected chi connectivity index (χ2v) is 20.7. The Labute approximate surface area is 337 Å². The molecule has 0 aromatic heterocycles. The SMILES string of the molecule is CC(C)(C)c1cc(C=[N+]2[Mn][N+](=Cc3cc(C(C)(C)C)cc(C(C)(C)C)c3O)C3CCCCC32)c(O)c(C(C)(C)C)c1.[O-]c1ccc(Oc2ccccc2)cc1. The predicted molar refractivity (Wildman–Crippen MR) is 220 cm³/mol. The quantitative estimate of drug-likeness (QED) is 0.202. The number of para-hydroxylation sites is 1. The molecular formula is C48H63MnN2O4+. The molecule has 1 aliphatic heterocycles. The summed E-state index contributed by atoms with van der Waals surface area (Å²) in [7, 11) is 0. The molecule has 4 aromatic rings. The van der Waals surface area contributed by atoms with Crippen LogP contribution in [0.4, 0.5) is 0 Å². The van der Waals surface area contributed by atoms with Gasteiger partial charge in [0.2, 0.25) is 0 Å². The third kappa shape index (κ3) is 10.4. The zero-order valence-corrected chi connectivity index (χ0v) is 36.3. The summed E-state index contributed by atoms with van der Waals surface area (Å²) >= 11 is 0.376. The fourth-order valence-electron chi connectivity index (χ4n) is 7.03. The normalized spacial score (nSPS) is 19.2. The van der Waals surface area contributed by atoms with Crippen LogP contribution in [0.1, 0.15) is 142 Å². The van der Waals surface area contributed by atoms with Gasteiger partial charge in [-0.3, -0.25) is 0 Å². The Morgan fingerprint density at radius 1 is 0.582 bits per heavy atom. The number of nitrogens with zero attached hydrogens (tertiary/aromatic N) is 2. The Balaban J connectivity index is 0.000000345. The van der Waals surface area contributed by atoms with Gasteiger partial charge in [-0.05, 0) is 24.3 Å². The zero-order chi connectivity index (χ0) is 40.5. The summed E-state index contributed by atoms with van der Waals surface area (Å²) in [6.07, 6.45) is 9.19. The van der Waals surface area contributed by atoms with E-state index in [9.17, 15) is 15.3 Å².